The summed E-state index contributed by atoms with van der Waals surface area (Å²) >= 11 is 0. The molecule has 0 bridgehead atoms. The van der Waals surface area contributed by atoms with Crippen molar-refractivity contribution >= 4 is 6.08 Å². The SMILES string of the molecule is C#C[C@@](C)(C#N)CCCC1=Cc2c(c(OC)c(OC)c(C(C)C)c2OC)C1. The summed E-state index contributed by atoms with van der Waals surface area (Å²) in [6.07, 6.45) is 10.9. The van der Waals surface area contributed by atoms with Crippen molar-refractivity contribution in [1.29, 1.82) is 5.26 Å². The number of hydrogen-bond donors (Lipinski definition) is 0. The van der Waals surface area contributed by atoms with Gasteiger partial charge >= 0.3 is 0 Å². The van der Waals surface area contributed by atoms with Crippen molar-refractivity contribution in [3.05, 3.63) is 22.3 Å². The van der Waals surface area contributed by atoms with E-state index in [-0.39, 0.29) is 5.92 Å². The molecular formula is C23H29NO3. The maximum Gasteiger partial charge on any atom is 0.168 e. The zero-order chi connectivity index (χ0) is 20.2. The van der Waals surface area contributed by atoms with E-state index < -0.39 is 5.41 Å². The Bertz CT molecular complexity index is 808. The molecule has 0 aliphatic heterocycles. The molecule has 0 unspecified atom stereocenters. The maximum absolute atomic E-state index is 9.24. The van der Waals surface area contributed by atoms with Crippen LogP contribution in [0.15, 0.2) is 5.57 Å². The first kappa shape index (κ1) is 20.7. The van der Waals surface area contributed by atoms with Crippen molar-refractivity contribution in [2.45, 2.75) is 52.4 Å². The summed E-state index contributed by atoms with van der Waals surface area (Å²) in [5.74, 6) is 5.24. The number of hydrogen-bond acceptors (Lipinski definition) is 4. The van der Waals surface area contributed by atoms with Gasteiger partial charge in [0.05, 0.1) is 27.4 Å². The minimum atomic E-state index is -0.699. The van der Waals surface area contributed by atoms with Gasteiger partial charge in [-0.1, -0.05) is 31.4 Å². The molecule has 0 saturated carbocycles. The number of ether oxygens (including phenoxy) is 3. The van der Waals surface area contributed by atoms with Crippen LogP contribution in [0.3, 0.4) is 0 Å². The van der Waals surface area contributed by atoms with Gasteiger partial charge in [-0.25, -0.2) is 0 Å². The summed E-state index contributed by atoms with van der Waals surface area (Å²) in [6, 6.07) is 2.23. The number of fused-ring (bicyclic) bond motifs is 1. The van der Waals surface area contributed by atoms with Crippen molar-refractivity contribution in [2.24, 2.45) is 5.41 Å². The van der Waals surface area contributed by atoms with E-state index in [9.17, 15) is 5.26 Å². The van der Waals surface area contributed by atoms with E-state index in [2.05, 4.69) is 31.9 Å². The Labute approximate surface area is 163 Å². The minimum Gasteiger partial charge on any atom is -0.496 e. The first-order chi connectivity index (χ1) is 12.9. The third-order valence-electron chi connectivity index (χ3n) is 5.22. The molecule has 0 saturated heterocycles. The first-order valence-electron chi connectivity index (χ1n) is 9.28. The summed E-state index contributed by atoms with van der Waals surface area (Å²) in [5, 5.41) is 9.24. The normalized spacial score (nSPS) is 14.6. The van der Waals surface area contributed by atoms with Gasteiger partial charge in [0.15, 0.2) is 11.5 Å². The molecule has 1 atom stereocenters. The molecule has 4 nitrogen and oxygen atoms in total. The van der Waals surface area contributed by atoms with Crippen LogP contribution in [0, 0.1) is 29.1 Å². The lowest BCUT2D eigenvalue weighted by Gasteiger charge is -2.22. The average molecular weight is 367 g/mol. The van der Waals surface area contributed by atoms with Crippen LogP contribution >= 0.6 is 0 Å². The van der Waals surface area contributed by atoms with Crippen LogP contribution in [-0.2, 0) is 6.42 Å². The predicted octanol–water partition coefficient (Wildman–Crippen LogP) is 5.11. The molecule has 0 N–H and O–H groups in total. The topological polar surface area (TPSA) is 51.5 Å². The molecule has 27 heavy (non-hydrogen) atoms. The van der Waals surface area contributed by atoms with Gasteiger partial charge in [-0.2, -0.15) is 5.26 Å². The molecule has 2 rings (SSSR count). The lowest BCUT2D eigenvalue weighted by molar-refractivity contribution is 0.339. The fourth-order valence-corrected chi connectivity index (χ4v) is 3.73. The number of terminal acetylenes is 1. The van der Waals surface area contributed by atoms with Crippen LogP contribution in [-0.4, -0.2) is 21.3 Å². The molecule has 0 spiro atoms. The summed E-state index contributed by atoms with van der Waals surface area (Å²) in [6.45, 7) is 6.05. The zero-order valence-corrected chi connectivity index (χ0v) is 17.2. The van der Waals surface area contributed by atoms with Gasteiger partial charge in [0.1, 0.15) is 11.2 Å². The standard InChI is InChI=1S/C23H29NO3/c1-8-23(4,14-24)11-9-10-16-12-17-18(13-16)21(26-6)22(27-7)19(15(2)3)20(17)25-5/h1,12,15H,9-11,13H2,2-7H3/t23-/m1/s1. The molecule has 0 aromatic heterocycles. The molecule has 0 amide bonds. The maximum atomic E-state index is 9.24. The number of nitrogens with zero attached hydrogens (tertiary/aromatic N) is 1. The molecule has 1 aliphatic carbocycles. The van der Waals surface area contributed by atoms with Crippen LogP contribution < -0.4 is 14.2 Å². The fraction of sp³-hybridized carbons (Fsp3) is 0.522. The quantitative estimate of drug-likeness (QED) is 0.599. The minimum absolute atomic E-state index is 0.235. The van der Waals surface area contributed by atoms with Gasteiger partial charge in [0, 0.05) is 16.7 Å². The first-order valence-corrected chi connectivity index (χ1v) is 9.28. The third-order valence-corrected chi connectivity index (χ3v) is 5.22. The third kappa shape index (κ3) is 3.91. The molecule has 0 heterocycles. The van der Waals surface area contributed by atoms with Crippen molar-refractivity contribution < 1.29 is 14.2 Å². The summed E-state index contributed by atoms with van der Waals surface area (Å²) < 4.78 is 17.2. The molecule has 1 aromatic carbocycles. The lowest BCUT2D eigenvalue weighted by Crippen LogP contribution is -2.10. The highest BCUT2D eigenvalue weighted by Gasteiger charge is 2.30. The smallest absolute Gasteiger partial charge is 0.168 e. The molecule has 0 fully saturated rings. The highest BCUT2D eigenvalue weighted by atomic mass is 16.5. The van der Waals surface area contributed by atoms with Crippen LogP contribution in [0.2, 0.25) is 0 Å². The van der Waals surface area contributed by atoms with Crippen LogP contribution in [0.25, 0.3) is 6.08 Å². The monoisotopic (exact) mass is 367 g/mol. The summed E-state index contributed by atoms with van der Waals surface area (Å²) in [7, 11) is 5.05. The van der Waals surface area contributed by atoms with E-state index >= 15 is 0 Å². The van der Waals surface area contributed by atoms with Gasteiger partial charge in [0.25, 0.3) is 0 Å². The van der Waals surface area contributed by atoms with E-state index in [4.69, 9.17) is 20.6 Å². The number of allylic oxidation sites excluding steroid dienone is 1. The Kier molecular flexibility index (Phi) is 6.45. The Morgan fingerprint density at radius 3 is 2.26 bits per heavy atom. The highest BCUT2D eigenvalue weighted by molar-refractivity contribution is 5.78. The second-order valence-electron chi connectivity index (χ2n) is 7.48. The van der Waals surface area contributed by atoms with E-state index in [0.717, 1.165) is 53.2 Å². The molecule has 4 heteroatoms. The van der Waals surface area contributed by atoms with Gasteiger partial charge in [0.2, 0.25) is 0 Å². The fourth-order valence-electron chi connectivity index (χ4n) is 3.73. The second-order valence-corrected chi connectivity index (χ2v) is 7.48. The van der Waals surface area contributed by atoms with E-state index in [1.807, 2.05) is 6.92 Å². The molecule has 144 valence electrons. The van der Waals surface area contributed by atoms with Crippen molar-refractivity contribution in [1.82, 2.24) is 0 Å². The summed E-state index contributed by atoms with van der Waals surface area (Å²) in [5.41, 5.74) is 3.80. The number of nitriles is 1. The van der Waals surface area contributed by atoms with E-state index in [1.165, 1.54) is 5.57 Å². The molecule has 0 radical (unpaired) electrons. The number of rotatable bonds is 8. The van der Waals surface area contributed by atoms with Crippen LogP contribution in [0.1, 0.15) is 62.6 Å². The molecule has 1 aromatic rings. The Balaban J connectivity index is 2.37. The van der Waals surface area contributed by atoms with Gasteiger partial charge in [-0.15, -0.1) is 6.42 Å². The molecule has 1 aliphatic rings. The van der Waals surface area contributed by atoms with E-state index in [0.29, 0.717) is 6.42 Å². The zero-order valence-electron chi connectivity index (χ0n) is 17.2. The van der Waals surface area contributed by atoms with E-state index in [1.54, 1.807) is 21.3 Å². The van der Waals surface area contributed by atoms with Crippen molar-refractivity contribution in [3.63, 3.8) is 0 Å². The molecular weight excluding hydrogens is 338 g/mol. The van der Waals surface area contributed by atoms with Crippen molar-refractivity contribution in [2.75, 3.05) is 21.3 Å². The largest absolute Gasteiger partial charge is 0.496 e. The van der Waals surface area contributed by atoms with Crippen LogP contribution in [0.4, 0.5) is 0 Å². The second kappa shape index (κ2) is 8.40. The van der Waals surface area contributed by atoms with Gasteiger partial charge < -0.3 is 14.2 Å². The Morgan fingerprint density at radius 1 is 1.15 bits per heavy atom. The average Bonchev–Trinajstić information content (AvgIpc) is 3.08. The van der Waals surface area contributed by atoms with Gasteiger partial charge in [-0.3, -0.25) is 0 Å². The van der Waals surface area contributed by atoms with Crippen LogP contribution in [0.5, 0.6) is 17.2 Å². The number of methoxy groups -OCH3 is 3. The van der Waals surface area contributed by atoms with Crippen molar-refractivity contribution in [3.8, 4) is 35.7 Å². The lowest BCUT2D eigenvalue weighted by atomic mass is 9.87. The Hall–Kier alpha value is -2.59. The van der Waals surface area contributed by atoms with Gasteiger partial charge in [-0.05, 0) is 38.5 Å². The number of benzene rings is 1. The Morgan fingerprint density at radius 2 is 1.78 bits per heavy atom. The predicted molar refractivity (Wildman–Crippen MR) is 108 cm³/mol. The summed E-state index contributed by atoms with van der Waals surface area (Å²) in [4.78, 5) is 0. The highest BCUT2D eigenvalue weighted by Crippen LogP contribution is 2.51.